The minimum atomic E-state index is -0.367. The van der Waals surface area contributed by atoms with E-state index in [0.717, 1.165) is 10.2 Å². The van der Waals surface area contributed by atoms with E-state index in [2.05, 4.69) is 21.2 Å². The molecule has 6 heteroatoms. The van der Waals surface area contributed by atoms with E-state index in [1.165, 1.54) is 0 Å². The molecule has 2 aromatic rings. The number of carbonyl (C=O) groups is 2. The standard InChI is InChI=1S/C18H16BrNO3S/c19-14-8-6-13(7-9-14)18(22)23-16-11-24-10-15(16)20-17(21)12-4-2-1-3-5-12/h1-9,15-16H,10-11H2,(H,20,21). The van der Waals surface area contributed by atoms with Gasteiger partial charge in [-0.3, -0.25) is 4.79 Å². The van der Waals surface area contributed by atoms with E-state index in [0.29, 0.717) is 16.9 Å². The maximum Gasteiger partial charge on any atom is 0.338 e. The van der Waals surface area contributed by atoms with Gasteiger partial charge in [0.25, 0.3) is 5.91 Å². The van der Waals surface area contributed by atoms with Gasteiger partial charge in [0, 0.05) is 21.5 Å². The third-order valence-corrected chi connectivity index (χ3v) is 5.41. The van der Waals surface area contributed by atoms with Crippen molar-refractivity contribution in [2.24, 2.45) is 0 Å². The van der Waals surface area contributed by atoms with Gasteiger partial charge >= 0.3 is 5.97 Å². The Labute approximate surface area is 153 Å². The summed E-state index contributed by atoms with van der Waals surface area (Å²) in [6, 6.07) is 15.9. The van der Waals surface area contributed by atoms with Crippen LogP contribution in [-0.4, -0.2) is 35.5 Å². The van der Waals surface area contributed by atoms with E-state index in [4.69, 9.17) is 4.74 Å². The molecule has 1 amide bonds. The number of hydrogen-bond acceptors (Lipinski definition) is 4. The second-order valence-electron chi connectivity index (χ2n) is 5.43. The Morgan fingerprint density at radius 2 is 1.71 bits per heavy atom. The van der Waals surface area contributed by atoms with Gasteiger partial charge in [0.1, 0.15) is 6.10 Å². The van der Waals surface area contributed by atoms with Gasteiger partial charge in [-0.05, 0) is 36.4 Å². The van der Waals surface area contributed by atoms with E-state index >= 15 is 0 Å². The molecule has 1 N–H and O–H groups in total. The molecular weight excluding hydrogens is 390 g/mol. The molecule has 1 heterocycles. The first-order chi connectivity index (χ1) is 11.6. The van der Waals surface area contributed by atoms with Crippen LogP contribution in [0.25, 0.3) is 0 Å². The molecule has 0 spiro atoms. The zero-order chi connectivity index (χ0) is 16.9. The number of amides is 1. The van der Waals surface area contributed by atoms with E-state index in [1.807, 2.05) is 18.2 Å². The van der Waals surface area contributed by atoms with E-state index in [1.54, 1.807) is 48.2 Å². The molecule has 124 valence electrons. The highest BCUT2D eigenvalue weighted by atomic mass is 79.9. The maximum atomic E-state index is 12.3. The first-order valence-electron chi connectivity index (χ1n) is 7.53. The SMILES string of the molecule is O=C(NC1CSCC1OC(=O)c1ccc(Br)cc1)c1ccccc1. The number of nitrogens with one attached hydrogen (secondary N) is 1. The first kappa shape index (κ1) is 17.0. The Hall–Kier alpha value is -1.79. The fourth-order valence-electron chi connectivity index (χ4n) is 2.42. The van der Waals surface area contributed by atoms with E-state index in [9.17, 15) is 9.59 Å². The summed E-state index contributed by atoms with van der Waals surface area (Å²) in [5.41, 5.74) is 1.11. The van der Waals surface area contributed by atoms with Crippen LogP contribution in [0.3, 0.4) is 0 Å². The van der Waals surface area contributed by atoms with Crippen LogP contribution >= 0.6 is 27.7 Å². The van der Waals surface area contributed by atoms with Crippen LogP contribution < -0.4 is 5.32 Å². The minimum absolute atomic E-state index is 0.146. The molecule has 1 saturated heterocycles. The van der Waals surface area contributed by atoms with Crippen LogP contribution in [0, 0.1) is 0 Å². The minimum Gasteiger partial charge on any atom is -0.456 e. The molecule has 0 aliphatic carbocycles. The highest BCUT2D eigenvalue weighted by Gasteiger charge is 2.32. The van der Waals surface area contributed by atoms with Gasteiger partial charge in [-0.15, -0.1) is 0 Å². The van der Waals surface area contributed by atoms with Crippen LogP contribution in [0.15, 0.2) is 59.1 Å². The fourth-order valence-corrected chi connectivity index (χ4v) is 3.90. The lowest BCUT2D eigenvalue weighted by atomic mass is 10.1. The summed E-state index contributed by atoms with van der Waals surface area (Å²) >= 11 is 5.01. The molecule has 1 aliphatic rings. The summed E-state index contributed by atoms with van der Waals surface area (Å²) in [5, 5.41) is 2.97. The lowest BCUT2D eigenvalue weighted by Crippen LogP contribution is -2.44. The van der Waals surface area contributed by atoms with Crippen LogP contribution in [-0.2, 0) is 4.74 Å². The van der Waals surface area contributed by atoms with Crippen molar-refractivity contribution in [3.05, 3.63) is 70.2 Å². The monoisotopic (exact) mass is 405 g/mol. The quantitative estimate of drug-likeness (QED) is 0.790. The molecule has 24 heavy (non-hydrogen) atoms. The molecule has 0 aromatic heterocycles. The van der Waals surface area contributed by atoms with Crippen molar-refractivity contribution >= 4 is 39.6 Å². The number of halogens is 1. The Morgan fingerprint density at radius 1 is 1.00 bits per heavy atom. The van der Waals surface area contributed by atoms with Crippen LogP contribution in [0.5, 0.6) is 0 Å². The molecule has 2 atom stereocenters. The average molecular weight is 406 g/mol. The van der Waals surface area contributed by atoms with Crippen molar-refractivity contribution in [2.75, 3.05) is 11.5 Å². The Bertz CT molecular complexity index is 721. The molecule has 0 bridgehead atoms. The van der Waals surface area contributed by atoms with Crippen LogP contribution in [0.1, 0.15) is 20.7 Å². The highest BCUT2D eigenvalue weighted by molar-refractivity contribution is 9.10. The predicted molar refractivity (Wildman–Crippen MR) is 98.4 cm³/mol. The summed E-state index contributed by atoms with van der Waals surface area (Å²) in [6.45, 7) is 0. The molecule has 1 fully saturated rings. The smallest absolute Gasteiger partial charge is 0.338 e. The average Bonchev–Trinajstić information content (AvgIpc) is 3.03. The summed E-state index contributed by atoms with van der Waals surface area (Å²) in [5.74, 6) is 0.903. The van der Waals surface area contributed by atoms with Gasteiger partial charge in [0.05, 0.1) is 11.6 Å². The normalized spacial score (nSPS) is 19.7. The lowest BCUT2D eigenvalue weighted by molar-refractivity contribution is 0.0293. The van der Waals surface area contributed by atoms with Crippen molar-refractivity contribution in [1.82, 2.24) is 5.32 Å². The third-order valence-electron chi connectivity index (χ3n) is 3.72. The molecule has 2 aromatic carbocycles. The van der Waals surface area contributed by atoms with Crippen molar-refractivity contribution < 1.29 is 14.3 Å². The van der Waals surface area contributed by atoms with Crippen molar-refractivity contribution in [1.29, 1.82) is 0 Å². The van der Waals surface area contributed by atoms with Crippen LogP contribution in [0.2, 0.25) is 0 Å². The van der Waals surface area contributed by atoms with Crippen LogP contribution in [0.4, 0.5) is 0 Å². The topological polar surface area (TPSA) is 55.4 Å². The largest absolute Gasteiger partial charge is 0.456 e. The molecule has 2 unspecified atom stereocenters. The summed E-state index contributed by atoms with van der Waals surface area (Å²) in [4.78, 5) is 24.5. The first-order valence-corrected chi connectivity index (χ1v) is 9.48. The van der Waals surface area contributed by atoms with E-state index < -0.39 is 0 Å². The molecule has 0 saturated carbocycles. The van der Waals surface area contributed by atoms with Crippen molar-refractivity contribution in [3.8, 4) is 0 Å². The lowest BCUT2D eigenvalue weighted by Gasteiger charge is -2.20. The number of rotatable bonds is 4. The number of thioether (sulfide) groups is 1. The number of benzene rings is 2. The molecule has 4 nitrogen and oxygen atoms in total. The summed E-state index contributed by atoms with van der Waals surface area (Å²) in [6.07, 6.45) is -0.321. The Kier molecular flexibility index (Phi) is 5.58. The zero-order valence-corrected chi connectivity index (χ0v) is 15.2. The predicted octanol–water partition coefficient (Wildman–Crippen LogP) is 3.52. The second kappa shape index (κ2) is 7.85. The van der Waals surface area contributed by atoms with Gasteiger partial charge < -0.3 is 10.1 Å². The van der Waals surface area contributed by atoms with E-state index in [-0.39, 0.29) is 24.0 Å². The van der Waals surface area contributed by atoms with Gasteiger partial charge in [-0.25, -0.2) is 4.79 Å². The Balaban J connectivity index is 1.62. The van der Waals surface area contributed by atoms with Gasteiger partial charge in [-0.2, -0.15) is 11.8 Å². The maximum absolute atomic E-state index is 12.3. The van der Waals surface area contributed by atoms with Crippen molar-refractivity contribution in [2.45, 2.75) is 12.1 Å². The fraction of sp³-hybridized carbons (Fsp3) is 0.222. The van der Waals surface area contributed by atoms with Crippen molar-refractivity contribution in [3.63, 3.8) is 0 Å². The number of esters is 1. The van der Waals surface area contributed by atoms with Gasteiger partial charge in [-0.1, -0.05) is 34.1 Å². The molecular formula is C18H16BrNO3S. The number of carbonyl (C=O) groups excluding carboxylic acids is 2. The molecule has 0 radical (unpaired) electrons. The van der Waals surface area contributed by atoms with Gasteiger partial charge in [0.2, 0.25) is 0 Å². The molecule has 3 rings (SSSR count). The summed E-state index contributed by atoms with van der Waals surface area (Å²) < 4.78 is 6.50. The summed E-state index contributed by atoms with van der Waals surface area (Å²) in [7, 11) is 0. The zero-order valence-electron chi connectivity index (χ0n) is 12.8. The number of hydrogen-bond donors (Lipinski definition) is 1. The Morgan fingerprint density at radius 3 is 2.42 bits per heavy atom. The highest BCUT2D eigenvalue weighted by Crippen LogP contribution is 2.23. The molecule has 1 aliphatic heterocycles. The second-order valence-corrected chi connectivity index (χ2v) is 7.42. The number of ether oxygens (including phenoxy) is 1. The third kappa shape index (κ3) is 4.19. The van der Waals surface area contributed by atoms with Gasteiger partial charge in [0.15, 0.2) is 0 Å².